The van der Waals surface area contributed by atoms with Crippen LogP contribution in [-0.2, 0) is 10.0 Å². The molecule has 0 unspecified atom stereocenters. The van der Waals surface area contributed by atoms with E-state index in [1.807, 2.05) is 0 Å². The summed E-state index contributed by atoms with van der Waals surface area (Å²) in [5, 5.41) is 10.7. The van der Waals surface area contributed by atoms with Crippen molar-refractivity contribution in [3.8, 4) is 0 Å². The van der Waals surface area contributed by atoms with E-state index in [9.17, 15) is 13.2 Å². The van der Waals surface area contributed by atoms with Crippen molar-refractivity contribution in [3.63, 3.8) is 0 Å². The number of benzene rings is 1. The van der Waals surface area contributed by atoms with Crippen molar-refractivity contribution >= 4 is 48.9 Å². The fourth-order valence-corrected chi connectivity index (χ4v) is 5.10. The van der Waals surface area contributed by atoms with Crippen LogP contribution in [0.25, 0.3) is 0 Å². The normalized spacial score (nSPS) is 11.3. The topological polar surface area (TPSA) is 83.5 Å². The van der Waals surface area contributed by atoms with Crippen molar-refractivity contribution in [3.05, 3.63) is 45.2 Å². The molecule has 1 aromatic carbocycles. The van der Waals surface area contributed by atoms with Crippen LogP contribution in [0.2, 0.25) is 0 Å². The quantitative estimate of drug-likeness (QED) is 0.858. The predicted molar refractivity (Wildman–Crippen MR) is 81.0 cm³/mol. The summed E-state index contributed by atoms with van der Waals surface area (Å²) in [5.41, 5.74) is 0.692. The fourth-order valence-electron chi connectivity index (χ4n) is 1.64. The number of hydrogen-bond acceptors (Lipinski definition) is 4. The smallest absolute Gasteiger partial charge is 0.336 e. The summed E-state index contributed by atoms with van der Waals surface area (Å²) < 4.78 is 27.5. The molecule has 8 heteroatoms. The molecule has 0 aliphatic rings. The highest BCUT2D eigenvalue weighted by atomic mass is 79.9. The Morgan fingerprint density at radius 3 is 2.60 bits per heavy atom. The van der Waals surface area contributed by atoms with E-state index in [-0.39, 0.29) is 15.5 Å². The van der Waals surface area contributed by atoms with Crippen LogP contribution in [0, 0.1) is 6.92 Å². The zero-order valence-corrected chi connectivity index (χ0v) is 13.5. The van der Waals surface area contributed by atoms with E-state index in [4.69, 9.17) is 5.11 Å². The monoisotopic (exact) mass is 375 g/mol. The molecule has 5 nitrogen and oxygen atoms in total. The third kappa shape index (κ3) is 2.87. The van der Waals surface area contributed by atoms with E-state index >= 15 is 0 Å². The molecule has 0 saturated heterocycles. The lowest BCUT2D eigenvalue weighted by Gasteiger charge is -2.11. The van der Waals surface area contributed by atoms with E-state index in [1.54, 1.807) is 18.4 Å². The Kier molecular flexibility index (Phi) is 4.17. The maximum Gasteiger partial charge on any atom is 0.336 e. The van der Waals surface area contributed by atoms with Crippen molar-refractivity contribution in [1.29, 1.82) is 0 Å². The third-order valence-corrected chi connectivity index (χ3v) is 6.67. The van der Waals surface area contributed by atoms with Gasteiger partial charge in [-0.25, -0.2) is 13.2 Å². The van der Waals surface area contributed by atoms with Crippen molar-refractivity contribution in [2.24, 2.45) is 0 Å². The molecule has 106 valence electrons. The Balaban J connectivity index is 2.43. The molecule has 20 heavy (non-hydrogen) atoms. The van der Waals surface area contributed by atoms with Gasteiger partial charge in [-0.15, -0.1) is 11.3 Å². The summed E-state index contributed by atoms with van der Waals surface area (Å²) in [6.45, 7) is 1.56. The number of carboxylic acid groups (broad SMARTS) is 1. The van der Waals surface area contributed by atoms with Gasteiger partial charge in [0.1, 0.15) is 0 Å². The van der Waals surface area contributed by atoms with Gasteiger partial charge in [0, 0.05) is 4.47 Å². The van der Waals surface area contributed by atoms with Gasteiger partial charge in [-0.3, -0.25) is 4.72 Å². The van der Waals surface area contributed by atoms with Crippen LogP contribution in [-0.4, -0.2) is 19.5 Å². The van der Waals surface area contributed by atoms with Crippen LogP contribution in [0.4, 0.5) is 5.69 Å². The van der Waals surface area contributed by atoms with Gasteiger partial charge in [-0.1, -0.05) is 6.07 Å². The van der Waals surface area contributed by atoms with E-state index < -0.39 is 16.0 Å². The average molecular weight is 376 g/mol. The number of thiophene rings is 1. The largest absolute Gasteiger partial charge is 0.478 e. The second kappa shape index (κ2) is 5.55. The molecule has 2 aromatic rings. The maximum absolute atomic E-state index is 12.2. The summed E-state index contributed by atoms with van der Waals surface area (Å²) in [6, 6.07) is 6.09. The first kappa shape index (κ1) is 15.0. The Hall–Kier alpha value is -1.38. The van der Waals surface area contributed by atoms with Gasteiger partial charge < -0.3 is 5.11 Å². The molecule has 0 aliphatic heterocycles. The van der Waals surface area contributed by atoms with Gasteiger partial charge in [0.15, 0.2) is 4.21 Å². The summed E-state index contributed by atoms with van der Waals surface area (Å²) in [7, 11) is -3.74. The highest BCUT2D eigenvalue weighted by Crippen LogP contribution is 2.30. The van der Waals surface area contributed by atoms with Gasteiger partial charge >= 0.3 is 5.97 Å². The van der Waals surface area contributed by atoms with Gasteiger partial charge in [0.25, 0.3) is 10.0 Å². The number of carbonyl (C=O) groups is 1. The molecule has 0 spiro atoms. The van der Waals surface area contributed by atoms with E-state index in [0.717, 1.165) is 11.3 Å². The molecular formula is C12H10BrNO4S2. The average Bonchev–Trinajstić information content (AvgIpc) is 2.78. The minimum absolute atomic E-state index is 0.0652. The zero-order chi connectivity index (χ0) is 14.9. The number of carboxylic acids is 1. The van der Waals surface area contributed by atoms with Gasteiger partial charge in [-0.05, 0) is 52.0 Å². The number of aromatic carboxylic acids is 1. The van der Waals surface area contributed by atoms with E-state index in [0.29, 0.717) is 10.0 Å². The van der Waals surface area contributed by atoms with E-state index in [2.05, 4.69) is 20.7 Å². The highest BCUT2D eigenvalue weighted by Gasteiger charge is 2.21. The number of halogens is 1. The first-order valence-electron chi connectivity index (χ1n) is 5.41. The molecule has 2 rings (SSSR count). The second-order valence-corrected chi connectivity index (χ2v) is 7.59. The summed E-state index contributed by atoms with van der Waals surface area (Å²) in [5.74, 6) is -1.10. The molecule has 2 N–H and O–H groups in total. The van der Waals surface area contributed by atoms with Crippen LogP contribution < -0.4 is 4.72 Å². The Bertz CT molecular complexity index is 768. The standard InChI is InChI=1S/C12H10BrNO4S2/c1-7-8(11(15)16)3-2-4-10(7)14-20(17,18)12-9(13)5-6-19-12/h2-6,14H,1H3,(H,15,16). The van der Waals surface area contributed by atoms with Crippen LogP contribution in [0.1, 0.15) is 15.9 Å². The van der Waals surface area contributed by atoms with Crippen molar-refractivity contribution in [2.45, 2.75) is 11.1 Å². The second-order valence-electron chi connectivity index (χ2n) is 3.94. The molecule has 1 aromatic heterocycles. The summed E-state index contributed by atoms with van der Waals surface area (Å²) >= 11 is 4.25. The van der Waals surface area contributed by atoms with Gasteiger partial charge in [0.05, 0.1) is 11.3 Å². The minimum Gasteiger partial charge on any atom is -0.478 e. The fraction of sp³-hybridized carbons (Fsp3) is 0.0833. The third-order valence-electron chi connectivity index (χ3n) is 2.64. The number of anilines is 1. The number of hydrogen-bond donors (Lipinski definition) is 2. The van der Waals surface area contributed by atoms with Gasteiger partial charge in [0.2, 0.25) is 0 Å². The lowest BCUT2D eigenvalue weighted by molar-refractivity contribution is 0.0696. The lowest BCUT2D eigenvalue weighted by atomic mass is 10.1. The first-order valence-corrected chi connectivity index (χ1v) is 8.57. The predicted octanol–water partition coefficient (Wildman–Crippen LogP) is 3.32. The Labute approximate surface area is 128 Å². The molecule has 0 saturated carbocycles. The molecule has 0 fully saturated rings. The molecule has 0 atom stereocenters. The lowest BCUT2D eigenvalue weighted by Crippen LogP contribution is -2.14. The van der Waals surface area contributed by atoms with Crippen LogP contribution in [0.15, 0.2) is 38.3 Å². The number of rotatable bonds is 4. The van der Waals surface area contributed by atoms with Gasteiger partial charge in [-0.2, -0.15) is 0 Å². The molecule has 1 heterocycles. The zero-order valence-electron chi connectivity index (χ0n) is 10.3. The van der Waals surface area contributed by atoms with Crippen LogP contribution in [0.5, 0.6) is 0 Å². The highest BCUT2D eigenvalue weighted by molar-refractivity contribution is 9.10. The van der Waals surface area contributed by atoms with Crippen LogP contribution >= 0.6 is 27.3 Å². The molecule has 0 radical (unpaired) electrons. The number of sulfonamides is 1. The Morgan fingerprint density at radius 1 is 1.35 bits per heavy atom. The molecule has 0 aliphatic carbocycles. The van der Waals surface area contributed by atoms with Crippen molar-refractivity contribution < 1.29 is 18.3 Å². The molecule has 0 bridgehead atoms. The summed E-state index contributed by atoms with van der Waals surface area (Å²) in [4.78, 5) is 11.0. The van der Waals surface area contributed by atoms with Crippen molar-refractivity contribution in [2.75, 3.05) is 4.72 Å². The first-order chi connectivity index (χ1) is 9.33. The Morgan fingerprint density at radius 2 is 2.05 bits per heavy atom. The van der Waals surface area contributed by atoms with Crippen molar-refractivity contribution in [1.82, 2.24) is 0 Å². The summed E-state index contributed by atoms with van der Waals surface area (Å²) in [6.07, 6.45) is 0. The minimum atomic E-state index is -3.74. The molecular weight excluding hydrogens is 366 g/mol. The van der Waals surface area contributed by atoms with E-state index in [1.165, 1.54) is 18.2 Å². The SMILES string of the molecule is Cc1c(NS(=O)(=O)c2sccc2Br)cccc1C(=O)O. The molecule has 0 amide bonds. The maximum atomic E-state index is 12.2. The van der Waals surface area contributed by atoms with Crippen LogP contribution in [0.3, 0.4) is 0 Å². The number of nitrogens with one attached hydrogen (secondary N) is 1.